The van der Waals surface area contributed by atoms with Gasteiger partial charge < -0.3 is 74.7 Å². The van der Waals surface area contributed by atoms with Crippen LogP contribution in [0.5, 0.6) is 0 Å². The van der Waals surface area contributed by atoms with Crippen molar-refractivity contribution >= 4 is 33.4 Å². The molecule has 22 nitrogen and oxygen atoms in total. The molecule has 0 unspecified atom stereocenters. The van der Waals surface area contributed by atoms with Crippen LogP contribution in [0.3, 0.4) is 0 Å². The first kappa shape index (κ1) is 72.4. The lowest BCUT2D eigenvalue weighted by atomic mass is 9.91. The van der Waals surface area contributed by atoms with Gasteiger partial charge in [0.05, 0.1) is 50.9 Å². The summed E-state index contributed by atoms with van der Waals surface area (Å²) in [6, 6.07) is -3.06. The van der Waals surface area contributed by atoms with Crippen LogP contribution in [0.4, 0.5) is 0 Å². The molecule has 2 saturated heterocycles. The molecule has 2 heterocycles. The third-order valence-corrected chi connectivity index (χ3v) is 15.6. The number of phosphoric acid groups is 2. The Bertz CT molecular complexity index is 1680. The molecule has 12 atom stereocenters. The van der Waals surface area contributed by atoms with Crippen molar-refractivity contribution < 1.29 is 96.6 Å². The van der Waals surface area contributed by atoms with Crippen molar-refractivity contribution in [2.45, 2.75) is 306 Å². The van der Waals surface area contributed by atoms with Gasteiger partial charge in [0.15, 0.2) is 6.29 Å². The standard InChI is InChI=1S/C54H104N2O20P2/c1-4-7-10-13-16-19-22-25-28-31-40(58)36-45(59)55-48-42(34-35-72-77(65,66)67)74-44(50(62)51(48)63)39-71-54-49(52(64)53(43(38-57)75-54)76-78(68,69)70)56-46(60)37-41(32-29-26-23-20-17-14-11-8-5-2)73-47(61)33-30-27-24-21-18-15-12-9-6-3/h40-44,48-54,57-58,62-64H,4-39H2,1-3H3,(H,55,59)(H,56,60)(H2,65,66,67)(H2,68,69,70)/t40-,41-,42-,43-,44-,48+,49-,50-,51-,52-,53-,54-/m1/s1. The van der Waals surface area contributed by atoms with Gasteiger partial charge >= 0.3 is 21.6 Å². The zero-order valence-corrected chi connectivity index (χ0v) is 49.1. The third-order valence-electron chi connectivity index (χ3n) is 14.6. The van der Waals surface area contributed by atoms with Crippen molar-refractivity contribution in [1.82, 2.24) is 10.6 Å². The summed E-state index contributed by atoms with van der Waals surface area (Å²) < 4.78 is 56.9. The van der Waals surface area contributed by atoms with E-state index < -0.39 is 127 Å². The number of nitrogens with one attached hydrogen (secondary N) is 2. The highest BCUT2D eigenvalue weighted by Gasteiger charge is 2.51. The lowest BCUT2D eigenvalue weighted by Gasteiger charge is -2.46. The van der Waals surface area contributed by atoms with E-state index in [0.29, 0.717) is 32.1 Å². The van der Waals surface area contributed by atoms with Crippen LogP contribution in [0.2, 0.25) is 0 Å². The SMILES string of the molecule is CCCCCCCCCCCC(=O)O[C@H](CCCCCCCCCCC)CC(=O)N[C@H]1[C@H](OC[C@H]2O[C@H](CCOP(=O)(O)O)[C@H](NC(=O)C[C@H](O)CCCCCCCCCCC)[C@@H](O)[C@@H]2O)O[C@H](CO)[C@@H](OP(=O)(O)O)[C@@H]1O. The van der Waals surface area contributed by atoms with Crippen molar-refractivity contribution in [2.24, 2.45) is 0 Å². The molecule has 2 aliphatic rings. The quantitative estimate of drug-likeness (QED) is 0.0161. The molecular weight excluding hydrogens is 1060 g/mol. The Labute approximate surface area is 465 Å². The van der Waals surface area contributed by atoms with E-state index in [1.165, 1.54) is 64.2 Å². The number of carbonyl (C=O) groups is 3. The van der Waals surface area contributed by atoms with Crippen LogP contribution in [-0.2, 0) is 51.5 Å². The third kappa shape index (κ3) is 32.8. The highest BCUT2D eigenvalue weighted by molar-refractivity contribution is 7.46. The number of amides is 2. The van der Waals surface area contributed by atoms with Gasteiger partial charge in [-0.3, -0.25) is 23.4 Å². The monoisotopic (exact) mass is 1160 g/mol. The van der Waals surface area contributed by atoms with Crippen LogP contribution in [-0.4, -0.2) is 156 Å². The predicted octanol–water partition coefficient (Wildman–Crippen LogP) is 7.33. The smallest absolute Gasteiger partial charge is 0.462 e. The van der Waals surface area contributed by atoms with Gasteiger partial charge in [0.1, 0.15) is 48.8 Å². The van der Waals surface area contributed by atoms with E-state index in [0.717, 1.165) is 89.9 Å². The summed E-state index contributed by atoms with van der Waals surface area (Å²) in [7, 11) is -10.3. The molecule has 0 aliphatic carbocycles. The number of hydrogen-bond donors (Lipinski definition) is 11. The minimum absolute atomic E-state index is 0.164. The normalized spacial score (nSPS) is 24.7. The Hall–Kier alpha value is -1.69. The highest BCUT2D eigenvalue weighted by atomic mass is 31.2. The lowest BCUT2D eigenvalue weighted by molar-refractivity contribution is -0.283. The van der Waals surface area contributed by atoms with Crippen molar-refractivity contribution in [2.75, 3.05) is 19.8 Å². The minimum Gasteiger partial charge on any atom is -0.462 e. The number of esters is 1. The van der Waals surface area contributed by atoms with Gasteiger partial charge in [0, 0.05) is 6.42 Å². The number of phosphoric ester groups is 2. The van der Waals surface area contributed by atoms with Crippen molar-refractivity contribution in [3.05, 3.63) is 0 Å². The van der Waals surface area contributed by atoms with Crippen LogP contribution < -0.4 is 10.6 Å². The van der Waals surface area contributed by atoms with Crippen LogP contribution in [0.1, 0.15) is 233 Å². The van der Waals surface area contributed by atoms with E-state index in [1.54, 1.807) is 0 Å². The van der Waals surface area contributed by atoms with E-state index in [4.69, 9.17) is 23.5 Å². The summed E-state index contributed by atoms with van der Waals surface area (Å²) >= 11 is 0. The molecule has 78 heavy (non-hydrogen) atoms. The molecule has 0 aromatic rings. The van der Waals surface area contributed by atoms with Gasteiger partial charge in [-0.2, -0.15) is 0 Å². The van der Waals surface area contributed by atoms with Gasteiger partial charge in [0.2, 0.25) is 11.8 Å². The van der Waals surface area contributed by atoms with Crippen LogP contribution in [0, 0.1) is 0 Å². The molecule has 24 heteroatoms. The number of rotatable bonds is 47. The fourth-order valence-corrected chi connectivity index (χ4v) is 11.1. The zero-order valence-electron chi connectivity index (χ0n) is 47.3. The first-order valence-corrected chi connectivity index (χ1v) is 32.8. The fraction of sp³-hybridized carbons (Fsp3) is 0.944. The molecule has 0 aromatic carbocycles. The van der Waals surface area contributed by atoms with Gasteiger partial charge in [-0.1, -0.05) is 181 Å². The largest absolute Gasteiger partial charge is 0.470 e. The fourth-order valence-electron chi connectivity index (χ4n) is 10.1. The van der Waals surface area contributed by atoms with E-state index in [1.807, 2.05) is 0 Å². The number of aliphatic hydroxyl groups is 5. The molecular formula is C54H104N2O20P2. The van der Waals surface area contributed by atoms with Gasteiger partial charge in [-0.05, 0) is 32.1 Å². The minimum atomic E-state index is -5.35. The van der Waals surface area contributed by atoms with E-state index in [2.05, 4.69) is 35.9 Å². The molecule has 460 valence electrons. The molecule has 2 aliphatic heterocycles. The second kappa shape index (κ2) is 42.2. The average molecular weight is 1160 g/mol. The maximum atomic E-state index is 14.0. The molecule has 0 radical (unpaired) electrons. The highest BCUT2D eigenvalue weighted by Crippen LogP contribution is 2.42. The van der Waals surface area contributed by atoms with E-state index in [9.17, 15) is 68.6 Å². The number of carbonyl (C=O) groups excluding carboxylic acids is 3. The second-order valence-electron chi connectivity index (χ2n) is 21.6. The number of ether oxygens (including phenoxy) is 4. The molecule has 2 fully saturated rings. The summed E-state index contributed by atoms with van der Waals surface area (Å²) in [5.41, 5.74) is 0. The van der Waals surface area contributed by atoms with Gasteiger partial charge in [-0.15, -0.1) is 0 Å². The summed E-state index contributed by atoms with van der Waals surface area (Å²) in [4.78, 5) is 78.6. The first-order valence-electron chi connectivity index (χ1n) is 29.7. The Kier molecular flexibility index (Phi) is 39.1. The second-order valence-corrected chi connectivity index (χ2v) is 24.0. The van der Waals surface area contributed by atoms with E-state index >= 15 is 0 Å². The molecule has 0 saturated carbocycles. The van der Waals surface area contributed by atoms with Crippen LogP contribution >= 0.6 is 15.6 Å². The molecule has 11 N–H and O–H groups in total. The summed E-state index contributed by atoms with van der Waals surface area (Å²) in [6.07, 6.45) is 12.7. The summed E-state index contributed by atoms with van der Waals surface area (Å²) in [6.45, 7) is 4.22. The maximum absolute atomic E-state index is 14.0. The predicted molar refractivity (Wildman–Crippen MR) is 292 cm³/mol. The topological polar surface area (TPSA) is 347 Å². The molecule has 0 spiro atoms. The maximum Gasteiger partial charge on any atom is 0.470 e. The van der Waals surface area contributed by atoms with Crippen molar-refractivity contribution in [3.63, 3.8) is 0 Å². The zero-order chi connectivity index (χ0) is 57.8. The summed E-state index contributed by atoms with van der Waals surface area (Å²) in [5.74, 6) is -1.92. The lowest BCUT2D eigenvalue weighted by Crippen LogP contribution is -2.67. The van der Waals surface area contributed by atoms with Gasteiger partial charge in [0.25, 0.3) is 0 Å². The Balaban J connectivity index is 2.23. The van der Waals surface area contributed by atoms with Crippen molar-refractivity contribution in [1.29, 1.82) is 0 Å². The molecule has 0 bridgehead atoms. The Morgan fingerprint density at radius 1 is 0.551 bits per heavy atom. The number of hydrogen-bond acceptors (Lipinski definition) is 16. The Morgan fingerprint density at radius 2 is 1.03 bits per heavy atom. The average Bonchev–Trinajstić information content (AvgIpc) is 3.37. The van der Waals surface area contributed by atoms with E-state index in [-0.39, 0.29) is 25.7 Å². The van der Waals surface area contributed by atoms with Crippen LogP contribution in [0.15, 0.2) is 0 Å². The number of aliphatic hydroxyl groups excluding tert-OH is 5. The van der Waals surface area contributed by atoms with Crippen molar-refractivity contribution in [3.8, 4) is 0 Å². The number of unbranched alkanes of at least 4 members (excludes halogenated alkanes) is 24. The molecule has 0 aromatic heterocycles. The van der Waals surface area contributed by atoms with Crippen LogP contribution in [0.25, 0.3) is 0 Å². The Morgan fingerprint density at radius 3 is 1.53 bits per heavy atom. The summed E-state index contributed by atoms with van der Waals surface area (Å²) in [5, 5.41) is 60.5. The first-order chi connectivity index (χ1) is 37.2. The molecule has 2 amide bonds. The molecule has 2 rings (SSSR count). The van der Waals surface area contributed by atoms with Gasteiger partial charge in [-0.25, -0.2) is 9.13 Å².